The van der Waals surface area contributed by atoms with Crippen molar-refractivity contribution >= 4 is 0 Å². The zero-order chi connectivity index (χ0) is 15.7. The van der Waals surface area contributed by atoms with E-state index in [1.165, 1.54) is 12.1 Å². The van der Waals surface area contributed by atoms with Crippen molar-refractivity contribution in [2.75, 3.05) is 6.54 Å². The maximum Gasteiger partial charge on any atom is 0.416 e. The number of hydrogen-bond donors (Lipinski definition) is 1. The maximum absolute atomic E-state index is 12.9. The predicted molar refractivity (Wildman–Crippen MR) is 79.3 cm³/mol. The summed E-state index contributed by atoms with van der Waals surface area (Å²) >= 11 is 0. The van der Waals surface area contributed by atoms with Crippen LogP contribution in [0.1, 0.15) is 57.1 Å². The van der Waals surface area contributed by atoms with Crippen LogP contribution in [0.25, 0.3) is 0 Å². The smallest absolute Gasteiger partial charge is 0.313 e. The van der Waals surface area contributed by atoms with Crippen molar-refractivity contribution in [3.63, 3.8) is 0 Å². The van der Waals surface area contributed by atoms with Crippen molar-refractivity contribution in [2.45, 2.75) is 58.2 Å². The van der Waals surface area contributed by atoms with E-state index in [9.17, 15) is 13.2 Å². The molecule has 0 heterocycles. The van der Waals surface area contributed by atoms with Crippen LogP contribution in [0.2, 0.25) is 0 Å². The third-order valence-electron chi connectivity index (χ3n) is 5.08. The summed E-state index contributed by atoms with van der Waals surface area (Å²) in [5.74, 6) is 0.208. The normalized spacial score (nSPS) is 29.2. The largest absolute Gasteiger partial charge is 0.416 e. The molecular weight excluding hydrogens is 275 g/mol. The molecule has 4 heteroatoms. The van der Waals surface area contributed by atoms with E-state index in [-0.39, 0.29) is 11.3 Å². The van der Waals surface area contributed by atoms with Gasteiger partial charge < -0.3 is 5.32 Å². The second-order valence-corrected chi connectivity index (χ2v) is 6.28. The molecule has 0 bridgehead atoms. The molecule has 1 N–H and O–H groups in total. The average Bonchev–Trinajstić information content (AvgIpc) is 2.44. The van der Waals surface area contributed by atoms with E-state index < -0.39 is 11.7 Å². The third kappa shape index (κ3) is 3.10. The molecule has 1 saturated carbocycles. The Morgan fingerprint density at radius 1 is 1.29 bits per heavy atom. The molecule has 0 saturated heterocycles. The lowest BCUT2D eigenvalue weighted by atomic mass is 9.54. The third-order valence-corrected chi connectivity index (χ3v) is 5.08. The molecule has 3 atom stereocenters. The SMILES string of the molecule is CCCNC1CC(c2cccc(C(F)(F)F)c2)C1(C)CC. The highest BCUT2D eigenvalue weighted by Gasteiger charge is 2.50. The lowest BCUT2D eigenvalue weighted by Gasteiger charge is -2.55. The van der Waals surface area contributed by atoms with Gasteiger partial charge in [0.2, 0.25) is 0 Å². The first kappa shape index (κ1) is 16.3. The fourth-order valence-electron chi connectivity index (χ4n) is 3.43. The van der Waals surface area contributed by atoms with Gasteiger partial charge in [0.1, 0.15) is 0 Å². The molecule has 1 aromatic rings. The van der Waals surface area contributed by atoms with Crippen LogP contribution in [0.4, 0.5) is 13.2 Å². The quantitative estimate of drug-likeness (QED) is 0.808. The van der Waals surface area contributed by atoms with Gasteiger partial charge in [-0.2, -0.15) is 13.2 Å². The van der Waals surface area contributed by atoms with Gasteiger partial charge in [-0.1, -0.05) is 39.0 Å². The van der Waals surface area contributed by atoms with Crippen molar-refractivity contribution in [2.24, 2.45) is 5.41 Å². The first-order valence-corrected chi connectivity index (χ1v) is 7.73. The molecular formula is C17H24F3N. The van der Waals surface area contributed by atoms with Crippen molar-refractivity contribution in [3.05, 3.63) is 35.4 Å². The Morgan fingerprint density at radius 3 is 2.57 bits per heavy atom. The van der Waals surface area contributed by atoms with Crippen LogP contribution in [-0.2, 0) is 6.18 Å². The van der Waals surface area contributed by atoms with Gasteiger partial charge >= 0.3 is 6.18 Å². The summed E-state index contributed by atoms with van der Waals surface area (Å²) in [4.78, 5) is 0. The molecule has 0 aromatic heterocycles. The van der Waals surface area contributed by atoms with Gasteiger partial charge in [-0.05, 0) is 48.8 Å². The highest BCUT2D eigenvalue weighted by Crippen LogP contribution is 2.55. The van der Waals surface area contributed by atoms with Gasteiger partial charge in [0.25, 0.3) is 0 Å². The highest BCUT2D eigenvalue weighted by atomic mass is 19.4. The summed E-state index contributed by atoms with van der Waals surface area (Å²) in [5.41, 5.74) is 0.325. The minimum Gasteiger partial charge on any atom is -0.313 e. The molecule has 1 nitrogen and oxygen atoms in total. The molecule has 1 fully saturated rings. The summed E-state index contributed by atoms with van der Waals surface area (Å²) in [6, 6.07) is 6.25. The number of benzene rings is 1. The molecule has 1 aromatic carbocycles. The monoisotopic (exact) mass is 299 g/mol. The van der Waals surface area contributed by atoms with E-state index >= 15 is 0 Å². The summed E-state index contributed by atoms with van der Waals surface area (Å²) in [6.07, 6.45) is -1.30. The molecule has 0 amide bonds. The van der Waals surface area contributed by atoms with E-state index in [4.69, 9.17) is 0 Å². The molecule has 0 aliphatic heterocycles. The standard InChI is InChI=1S/C17H24F3N/c1-4-9-21-15-11-14(16(15,3)5-2)12-7-6-8-13(10-12)17(18,19)20/h6-8,10,14-15,21H,4-5,9,11H2,1-3H3. The van der Waals surface area contributed by atoms with Crippen molar-refractivity contribution in [1.82, 2.24) is 5.32 Å². The number of hydrogen-bond acceptors (Lipinski definition) is 1. The summed E-state index contributed by atoms with van der Waals surface area (Å²) < 4.78 is 38.6. The Bertz CT molecular complexity index is 483. The van der Waals surface area contributed by atoms with Crippen molar-refractivity contribution in [1.29, 1.82) is 0 Å². The molecule has 3 unspecified atom stereocenters. The van der Waals surface area contributed by atoms with Gasteiger partial charge in [-0.3, -0.25) is 0 Å². The lowest BCUT2D eigenvalue weighted by Crippen LogP contribution is -2.56. The zero-order valence-electron chi connectivity index (χ0n) is 12.9. The van der Waals surface area contributed by atoms with Crippen LogP contribution in [0.5, 0.6) is 0 Å². The van der Waals surface area contributed by atoms with E-state index in [0.29, 0.717) is 6.04 Å². The molecule has 1 aliphatic rings. The summed E-state index contributed by atoms with van der Waals surface area (Å²) in [5, 5.41) is 3.53. The second-order valence-electron chi connectivity index (χ2n) is 6.28. The van der Waals surface area contributed by atoms with Crippen LogP contribution in [0.15, 0.2) is 24.3 Å². The van der Waals surface area contributed by atoms with Gasteiger partial charge in [0.05, 0.1) is 5.56 Å². The average molecular weight is 299 g/mol. The fraction of sp³-hybridized carbons (Fsp3) is 0.647. The first-order chi connectivity index (χ1) is 9.82. The van der Waals surface area contributed by atoms with Crippen molar-refractivity contribution in [3.8, 4) is 0 Å². The number of nitrogens with one attached hydrogen (secondary N) is 1. The van der Waals surface area contributed by atoms with Gasteiger partial charge in [-0.25, -0.2) is 0 Å². The molecule has 2 rings (SSSR count). The number of alkyl halides is 3. The molecule has 118 valence electrons. The topological polar surface area (TPSA) is 12.0 Å². The summed E-state index contributed by atoms with van der Waals surface area (Å²) in [6.45, 7) is 7.41. The van der Waals surface area contributed by atoms with Crippen LogP contribution in [0, 0.1) is 5.41 Å². The fourth-order valence-corrected chi connectivity index (χ4v) is 3.43. The minimum absolute atomic E-state index is 0.0411. The van der Waals surface area contributed by atoms with E-state index in [1.54, 1.807) is 0 Å². The Labute approximate surface area is 124 Å². The number of rotatable bonds is 5. The van der Waals surface area contributed by atoms with Gasteiger partial charge in [0, 0.05) is 6.04 Å². The van der Waals surface area contributed by atoms with Crippen LogP contribution in [0.3, 0.4) is 0 Å². The van der Waals surface area contributed by atoms with Crippen LogP contribution in [-0.4, -0.2) is 12.6 Å². The van der Waals surface area contributed by atoms with Gasteiger partial charge in [0.15, 0.2) is 0 Å². The molecule has 21 heavy (non-hydrogen) atoms. The van der Waals surface area contributed by atoms with E-state index in [2.05, 4.69) is 26.1 Å². The van der Waals surface area contributed by atoms with E-state index in [1.807, 2.05) is 6.07 Å². The van der Waals surface area contributed by atoms with Crippen LogP contribution >= 0.6 is 0 Å². The Hall–Kier alpha value is -1.03. The van der Waals surface area contributed by atoms with E-state index in [0.717, 1.165) is 37.4 Å². The second kappa shape index (κ2) is 5.99. The van der Waals surface area contributed by atoms with Gasteiger partial charge in [-0.15, -0.1) is 0 Å². The number of halogens is 3. The van der Waals surface area contributed by atoms with Crippen molar-refractivity contribution < 1.29 is 13.2 Å². The lowest BCUT2D eigenvalue weighted by molar-refractivity contribution is -0.137. The van der Waals surface area contributed by atoms with Crippen LogP contribution < -0.4 is 5.32 Å². The maximum atomic E-state index is 12.9. The molecule has 1 aliphatic carbocycles. The Kier molecular flexibility index (Phi) is 4.66. The minimum atomic E-state index is -4.26. The Morgan fingerprint density at radius 2 is 2.00 bits per heavy atom. The molecule has 0 spiro atoms. The summed E-state index contributed by atoms with van der Waals surface area (Å²) in [7, 11) is 0. The zero-order valence-corrected chi connectivity index (χ0v) is 12.9. The predicted octanol–water partition coefficient (Wildman–Crippen LogP) is 4.98. The Balaban J connectivity index is 2.19. The first-order valence-electron chi connectivity index (χ1n) is 7.73. The molecule has 0 radical (unpaired) electrons. The highest BCUT2D eigenvalue weighted by molar-refractivity contribution is 5.33.